The van der Waals surface area contributed by atoms with E-state index >= 15 is 0 Å². The van der Waals surface area contributed by atoms with Crippen molar-refractivity contribution in [3.63, 3.8) is 0 Å². The molecule has 0 atom stereocenters. The lowest BCUT2D eigenvalue weighted by Crippen LogP contribution is -2.17. The van der Waals surface area contributed by atoms with Crippen LogP contribution < -0.4 is 9.61 Å². The average Bonchev–Trinajstić information content (AvgIpc) is 2.76. The van der Waals surface area contributed by atoms with E-state index in [0.717, 1.165) is 6.07 Å². The number of carbonyl (C=O) groups is 1. The predicted octanol–water partition coefficient (Wildman–Crippen LogP) is 4.74. The zero-order valence-electron chi connectivity index (χ0n) is 16.9. The number of hydrogen-bond donors (Lipinski definition) is 1. The summed E-state index contributed by atoms with van der Waals surface area (Å²) in [6.45, 7) is 1.50. The molecule has 3 rings (SSSR count). The summed E-state index contributed by atoms with van der Waals surface area (Å²) < 4.78 is 30.0. The number of amides is 1. The number of nitro benzene ring substituents is 1. The summed E-state index contributed by atoms with van der Waals surface area (Å²) in [5, 5.41) is 15.4. The predicted molar refractivity (Wildman–Crippen MR) is 124 cm³/mol. The standard InChI is InChI=1S/C21H15Cl2N3O6S/c1-13-2-8-17(11-20(13)26(28)29)33(30,31)32-16-6-3-14(4-7-16)12-24-25-21(27)15-5-9-18(22)19(23)10-15/h2-12H,1H3,(H,25,27)/b24-12-. The minimum Gasteiger partial charge on any atom is -0.379 e. The molecule has 0 aliphatic carbocycles. The van der Waals surface area contributed by atoms with Crippen molar-refractivity contribution in [1.82, 2.24) is 5.43 Å². The second kappa shape index (κ2) is 9.99. The first-order chi connectivity index (χ1) is 15.6. The van der Waals surface area contributed by atoms with Gasteiger partial charge < -0.3 is 4.18 Å². The third-order valence-electron chi connectivity index (χ3n) is 4.31. The molecule has 0 radical (unpaired) electrons. The van der Waals surface area contributed by atoms with Gasteiger partial charge in [-0.3, -0.25) is 14.9 Å². The molecule has 0 saturated heterocycles. The monoisotopic (exact) mass is 507 g/mol. The van der Waals surface area contributed by atoms with Crippen molar-refractivity contribution in [3.8, 4) is 5.75 Å². The van der Waals surface area contributed by atoms with Crippen molar-refractivity contribution in [2.24, 2.45) is 5.10 Å². The first kappa shape index (κ1) is 24.2. The zero-order valence-corrected chi connectivity index (χ0v) is 19.2. The van der Waals surface area contributed by atoms with E-state index in [2.05, 4.69) is 10.5 Å². The number of rotatable bonds is 7. The summed E-state index contributed by atoms with van der Waals surface area (Å²) in [5.41, 5.74) is 3.15. The van der Waals surface area contributed by atoms with Crippen molar-refractivity contribution in [2.75, 3.05) is 0 Å². The van der Waals surface area contributed by atoms with E-state index in [1.165, 1.54) is 67.7 Å². The van der Waals surface area contributed by atoms with E-state index in [-0.39, 0.29) is 26.9 Å². The lowest BCUT2D eigenvalue weighted by molar-refractivity contribution is -0.385. The lowest BCUT2D eigenvalue weighted by Gasteiger charge is -2.08. The molecular weight excluding hydrogens is 493 g/mol. The van der Waals surface area contributed by atoms with Crippen LogP contribution >= 0.6 is 23.2 Å². The minimum atomic E-state index is -4.28. The topological polar surface area (TPSA) is 128 Å². The average molecular weight is 508 g/mol. The first-order valence-electron chi connectivity index (χ1n) is 9.15. The number of nitrogens with zero attached hydrogens (tertiary/aromatic N) is 2. The highest BCUT2D eigenvalue weighted by Gasteiger charge is 2.21. The van der Waals surface area contributed by atoms with E-state index in [0.29, 0.717) is 16.1 Å². The van der Waals surface area contributed by atoms with Gasteiger partial charge in [-0.1, -0.05) is 29.3 Å². The molecule has 0 bridgehead atoms. The normalized spacial score (nSPS) is 11.4. The highest BCUT2D eigenvalue weighted by molar-refractivity contribution is 7.87. The van der Waals surface area contributed by atoms with Gasteiger partial charge in [0.1, 0.15) is 10.6 Å². The van der Waals surface area contributed by atoms with Crippen molar-refractivity contribution >= 4 is 51.1 Å². The van der Waals surface area contributed by atoms with Crippen molar-refractivity contribution in [2.45, 2.75) is 11.8 Å². The number of benzene rings is 3. The fourth-order valence-electron chi connectivity index (χ4n) is 2.59. The molecule has 0 fully saturated rings. The molecule has 0 spiro atoms. The van der Waals surface area contributed by atoms with Gasteiger partial charge in [0.25, 0.3) is 11.6 Å². The molecule has 170 valence electrons. The molecule has 3 aromatic carbocycles. The number of nitro groups is 1. The van der Waals surface area contributed by atoms with Crippen LogP contribution in [0.4, 0.5) is 5.69 Å². The quantitative estimate of drug-likeness (QED) is 0.213. The molecule has 9 nitrogen and oxygen atoms in total. The van der Waals surface area contributed by atoms with E-state index < -0.39 is 20.9 Å². The number of carbonyl (C=O) groups excluding carboxylic acids is 1. The Morgan fingerprint density at radius 3 is 2.39 bits per heavy atom. The summed E-state index contributed by atoms with van der Waals surface area (Å²) in [7, 11) is -4.28. The maximum absolute atomic E-state index is 12.5. The van der Waals surface area contributed by atoms with Crippen molar-refractivity contribution < 1.29 is 22.3 Å². The number of nitrogens with one attached hydrogen (secondary N) is 1. The summed E-state index contributed by atoms with van der Waals surface area (Å²) in [4.78, 5) is 22.1. The van der Waals surface area contributed by atoms with Crippen LogP contribution in [0.15, 0.2) is 70.7 Å². The van der Waals surface area contributed by atoms with Crippen LogP contribution in [0.25, 0.3) is 0 Å². The number of hydrogen-bond acceptors (Lipinski definition) is 7. The maximum Gasteiger partial charge on any atom is 0.339 e. The molecule has 0 saturated carbocycles. The third-order valence-corrected chi connectivity index (χ3v) is 6.30. The van der Waals surface area contributed by atoms with Crippen LogP contribution in [0, 0.1) is 17.0 Å². The molecule has 0 heterocycles. The van der Waals surface area contributed by atoms with Crippen LogP contribution in [0.2, 0.25) is 10.0 Å². The van der Waals surface area contributed by atoms with E-state index in [4.69, 9.17) is 27.4 Å². The second-order valence-corrected chi connectivity index (χ2v) is 9.00. The molecule has 12 heteroatoms. The Labute approximate surface area is 198 Å². The molecular formula is C21H15Cl2N3O6S. The largest absolute Gasteiger partial charge is 0.379 e. The van der Waals surface area contributed by atoms with Gasteiger partial charge in [0.15, 0.2) is 0 Å². The van der Waals surface area contributed by atoms with E-state index in [1.807, 2.05) is 0 Å². The molecule has 3 aromatic rings. The van der Waals surface area contributed by atoms with Crippen LogP contribution in [-0.2, 0) is 10.1 Å². The van der Waals surface area contributed by atoms with Gasteiger partial charge in [-0.25, -0.2) is 5.43 Å². The second-order valence-electron chi connectivity index (χ2n) is 6.64. The fraction of sp³-hybridized carbons (Fsp3) is 0.0476. The van der Waals surface area contributed by atoms with Gasteiger partial charge in [0, 0.05) is 17.2 Å². The van der Waals surface area contributed by atoms with Crippen molar-refractivity contribution in [3.05, 3.63) is 97.5 Å². The summed E-state index contributed by atoms with van der Waals surface area (Å²) in [6.07, 6.45) is 1.34. The van der Waals surface area contributed by atoms with Crippen LogP contribution in [0.5, 0.6) is 5.75 Å². The number of aryl methyl sites for hydroxylation is 1. The Balaban J connectivity index is 1.66. The molecule has 0 unspecified atom stereocenters. The lowest BCUT2D eigenvalue weighted by atomic mass is 10.2. The van der Waals surface area contributed by atoms with Gasteiger partial charge in [0.05, 0.1) is 21.2 Å². The Hall–Kier alpha value is -3.47. The van der Waals surface area contributed by atoms with Crippen LogP contribution in [0.3, 0.4) is 0 Å². The molecule has 0 aliphatic rings. The minimum absolute atomic E-state index is 0.00443. The van der Waals surface area contributed by atoms with Gasteiger partial charge in [0.2, 0.25) is 0 Å². The fourth-order valence-corrected chi connectivity index (χ4v) is 3.84. The molecule has 1 N–H and O–H groups in total. The van der Waals surface area contributed by atoms with E-state index in [1.54, 1.807) is 0 Å². The highest BCUT2D eigenvalue weighted by Crippen LogP contribution is 2.25. The van der Waals surface area contributed by atoms with Gasteiger partial charge in [-0.15, -0.1) is 0 Å². The molecule has 0 aromatic heterocycles. The van der Waals surface area contributed by atoms with E-state index in [9.17, 15) is 23.3 Å². The Kier molecular flexibility index (Phi) is 7.32. The molecule has 0 aliphatic heterocycles. The third kappa shape index (κ3) is 6.07. The zero-order chi connectivity index (χ0) is 24.2. The first-order valence-corrected chi connectivity index (χ1v) is 11.3. The SMILES string of the molecule is Cc1ccc(S(=O)(=O)Oc2ccc(/C=N\NC(=O)c3ccc(Cl)c(Cl)c3)cc2)cc1[N+](=O)[O-]. The smallest absolute Gasteiger partial charge is 0.339 e. The molecule has 1 amide bonds. The van der Waals surface area contributed by atoms with Gasteiger partial charge >= 0.3 is 10.1 Å². The Morgan fingerprint density at radius 2 is 1.76 bits per heavy atom. The molecule has 33 heavy (non-hydrogen) atoms. The Bertz CT molecular complexity index is 1360. The number of halogens is 2. The van der Waals surface area contributed by atoms with Crippen LogP contribution in [0.1, 0.15) is 21.5 Å². The van der Waals surface area contributed by atoms with Gasteiger partial charge in [-0.2, -0.15) is 13.5 Å². The van der Waals surface area contributed by atoms with Crippen LogP contribution in [-0.4, -0.2) is 25.5 Å². The summed E-state index contributed by atoms with van der Waals surface area (Å²) >= 11 is 11.7. The maximum atomic E-state index is 12.5. The number of hydrazone groups is 1. The highest BCUT2D eigenvalue weighted by atomic mass is 35.5. The summed E-state index contributed by atoms with van der Waals surface area (Å²) in [6, 6.07) is 13.7. The Morgan fingerprint density at radius 1 is 1.06 bits per heavy atom. The van der Waals surface area contributed by atoms with Crippen molar-refractivity contribution in [1.29, 1.82) is 0 Å². The summed E-state index contributed by atoms with van der Waals surface area (Å²) in [5.74, 6) is -0.502. The van der Waals surface area contributed by atoms with Gasteiger partial charge in [-0.05, 0) is 61.0 Å².